The lowest BCUT2D eigenvalue weighted by Gasteiger charge is -2.15. The Balaban J connectivity index is 1.61. The number of aryl methyl sites for hydroxylation is 1. The van der Waals surface area contributed by atoms with Gasteiger partial charge in [0.1, 0.15) is 6.04 Å². The number of nitrogens with zero attached hydrogens (tertiary/aromatic N) is 2. The smallest absolute Gasteiger partial charge is 0.276 e. The molecule has 1 unspecified atom stereocenters. The van der Waals surface area contributed by atoms with Crippen LogP contribution in [0.3, 0.4) is 0 Å². The number of rotatable bonds is 5. The molecule has 6 heteroatoms. The van der Waals surface area contributed by atoms with E-state index in [1.54, 1.807) is 18.3 Å². The molecule has 0 bridgehead atoms. The van der Waals surface area contributed by atoms with Crippen LogP contribution >= 0.6 is 11.3 Å². The van der Waals surface area contributed by atoms with Crippen molar-refractivity contribution in [1.82, 2.24) is 15.1 Å². The molecule has 1 amide bonds. The predicted octanol–water partition coefficient (Wildman–Crippen LogP) is 3.84. The first-order valence-electron chi connectivity index (χ1n) is 9.28. The Labute approximate surface area is 166 Å². The minimum absolute atomic E-state index is 0.205. The summed E-state index contributed by atoms with van der Waals surface area (Å²) in [5.41, 5.74) is 1.70. The third-order valence-electron chi connectivity index (χ3n) is 4.91. The number of hydrogen-bond acceptors (Lipinski definition) is 4. The summed E-state index contributed by atoms with van der Waals surface area (Å²) in [5.74, 6) is -0.205. The SMILES string of the molecule is Cc1nn(C(C)C(=O)NCCc2ccccc2)c(=O)c2c1sc1ccccc12. The number of benzene rings is 2. The van der Waals surface area contributed by atoms with Gasteiger partial charge in [-0.3, -0.25) is 9.59 Å². The van der Waals surface area contributed by atoms with E-state index in [2.05, 4.69) is 10.4 Å². The summed E-state index contributed by atoms with van der Waals surface area (Å²) in [5, 5.41) is 8.93. The first-order valence-corrected chi connectivity index (χ1v) is 10.1. The van der Waals surface area contributed by atoms with Crippen molar-refractivity contribution in [3.63, 3.8) is 0 Å². The van der Waals surface area contributed by atoms with Crippen molar-refractivity contribution < 1.29 is 4.79 Å². The average molecular weight is 391 g/mol. The highest BCUT2D eigenvalue weighted by molar-refractivity contribution is 7.26. The zero-order valence-electron chi connectivity index (χ0n) is 15.8. The van der Waals surface area contributed by atoms with Gasteiger partial charge < -0.3 is 5.32 Å². The first kappa shape index (κ1) is 18.4. The van der Waals surface area contributed by atoms with E-state index >= 15 is 0 Å². The standard InChI is InChI=1S/C22H21N3O2S/c1-14-20-19(17-10-6-7-11-18(17)28-20)22(27)25(24-14)15(2)21(26)23-13-12-16-8-4-3-5-9-16/h3-11,15H,12-13H2,1-2H3,(H,23,26). The topological polar surface area (TPSA) is 64.0 Å². The van der Waals surface area contributed by atoms with E-state index in [4.69, 9.17) is 0 Å². The molecule has 4 aromatic rings. The largest absolute Gasteiger partial charge is 0.354 e. The van der Waals surface area contributed by atoms with Gasteiger partial charge in [0, 0.05) is 16.6 Å². The lowest BCUT2D eigenvalue weighted by molar-refractivity contribution is -0.124. The second-order valence-electron chi connectivity index (χ2n) is 6.84. The Morgan fingerprint density at radius 1 is 1.14 bits per heavy atom. The lowest BCUT2D eigenvalue weighted by Crippen LogP contribution is -2.38. The van der Waals surface area contributed by atoms with Crippen molar-refractivity contribution in [1.29, 1.82) is 0 Å². The van der Waals surface area contributed by atoms with Crippen LogP contribution < -0.4 is 10.9 Å². The summed E-state index contributed by atoms with van der Waals surface area (Å²) >= 11 is 1.57. The van der Waals surface area contributed by atoms with Gasteiger partial charge in [-0.15, -0.1) is 11.3 Å². The molecule has 1 atom stereocenters. The van der Waals surface area contributed by atoms with Crippen LogP contribution in [0, 0.1) is 6.92 Å². The Hall–Kier alpha value is -2.99. The number of thiophene rings is 1. The number of carbonyl (C=O) groups excluding carboxylic acids is 1. The molecular weight excluding hydrogens is 370 g/mol. The highest BCUT2D eigenvalue weighted by atomic mass is 32.1. The van der Waals surface area contributed by atoms with Crippen LogP contribution in [-0.4, -0.2) is 22.2 Å². The fraction of sp³-hybridized carbons (Fsp3) is 0.227. The zero-order valence-corrected chi connectivity index (χ0v) is 16.6. The number of amides is 1. The number of carbonyl (C=O) groups is 1. The summed E-state index contributed by atoms with van der Waals surface area (Å²) in [4.78, 5) is 25.8. The summed E-state index contributed by atoms with van der Waals surface area (Å²) in [6, 6.07) is 17.1. The maximum absolute atomic E-state index is 13.1. The molecule has 0 aliphatic rings. The third-order valence-corrected chi connectivity index (χ3v) is 6.19. The molecule has 2 heterocycles. The molecule has 2 aromatic carbocycles. The summed E-state index contributed by atoms with van der Waals surface area (Å²) in [6.07, 6.45) is 0.745. The third kappa shape index (κ3) is 3.31. The van der Waals surface area contributed by atoms with Gasteiger partial charge in [-0.05, 0) is 31.9 Å². The highest BCUT2D eigenvalue weighted by Gasteiger charge is 2.21. The molecular formula is C22H21N3O2S. The lowest BCUT2D eigenvalue weighted by atomic mass is 10.1. The van der Waals surface area contributed by atoms with Gasteiger partial charge >= 0.3 is 0 Å². The maximum atomic E-state index is 13.1. The Bertz CT molecular complexity index is 1210. The monoisotopic (exact) mass is 391 g/mol. The number of hydrogen-bond donors (Lipinski definition) is 1. The van der Waals surface area contributed by atoms with Crippen molar-refractivity contribution in [3.05, 3.63) is 76.2 Å². The maximum Gasteiger partial charge on any atom is 0.276 e. The molecule has 142 valence electrons. The predicted molar refractivity (Wildman–Crippen MR) is 114 cm³/mol. The van der Waals surface area contributed by atoms with Crippen LogP contribution in [-0.2, 0) is 11.2 Å². The minimum Gasteiger partial charge on any atom is -0.354 e. The van der Waals surface area contributed by atoms with E-state index in [1.165, 1.54) is 4.68 Å². The fourth-order valence-electron chi connectivity index (χ4n) is 3.38. The number of nitrogens with one attached hydrogen (secondary N) is 1. The normalized spacial score (nSPS) is 12.4. The number of fused-ring (bicyclic) bond motifs is 3. The van der Waals surface area contributed by atoms with Crippen LogP contribution in [0.15, 0.2) is 59.4 Å². The van der Waals surface area contributed by atoms with Crippen molar-refractivity contribution in [2.24, 2.45) is 0 Å². The van der Waals surface area contributed by atoms with Crippen LogP contribution in [0.2, 0.25) is 0 Å². The quantitative estimate of drug-likeness (QED) is 0.562. The molecule has 28 heavy (non-hydrogen) atoms. The van der Waals surface area contributed by atoms with E-state index in [1.807, 2.05) is 61.5 Å². The van der Waals surface area contributed by atoms with Crippen molar-refractivity contribution in [2.75, 3.05) is 6.54 Å². The van der Waals surface area contributed by atoms with Crippen molar-refractivity contribution >= 4 is 37.4 Å². The zero-order chi connectivity index (χ0) is 19.7. The average Bonchev–Trinajstić information content (AvgIpc) is 3.11. The van der Waals surface area contributed by atoms with Gasteiger partial charge in [0.2, 0.25) is 5.91 Å². The molecule has 5 nitrogen and oxygen atoms in total. The molecule has 0 aliphatic heterocycles. The van der Waals surface area contributed by atoms with Crippen molar-refractivity contribution in [3.8, 4) is 0 Å². The van der Waals surface area contributed by atoms with Crippen LogP contribution in [0.25, 0.3) is 20.2 Å². The summed E-state index contributed by atoms with van der Waals surface area (Å²) in [7, 11) is 0. The van der Waals surface area contributed by atoms with Crippen LogP contribution in [0.4, 0.5) is 0 Å². The fourth-order valence-corrected chi connectivity index (χ4v) is 4.51. The van der Waals surface area contributed by atoms with E-state index in [-0.39, 0.29) is 11.5 Å². The van der Waals surface area contributed by atoms with Gasteiger partial charge in [-0.1, -0.05) is 48.5 Å². The second kappa shape index (κ2) is 7.56. The molecule has 0 radical (unpaired) electrons. The van der Waals surface area contributed by atoms with E-state index in [0.717, 1.165) is 32.5 Å². The highest BCUT2D eigenvalue weighted by Crippen LogP contribution is 2.32. The molecule has 0 fully saturated rings. The van der Waals surface area contributed by atoms with Crippen LogP contribution in [0.5, 0.6) is 0 Å². The van der Waals surface area contributed by atoms with E-state index in [9.17, 15) is 9.59 Å². The van der Waals surface area contributed by atoms with Gasteiger partial charge in [0.05, 0.1) is 15.8 Å². The molecule has 0 saturated heterocycles. The molecule has 0 aliphatic carbocycles. The van der Waals surface area contributed by atoms with Gasteiger partial charge in [-0.2, -0.15) is 5.10 Å². The Morgan fingerprint density at radius 3 is 2.64 bits per heavy atom. The summed E-state index contributed by atoms with van der Waals surface area (Å²) < 4.78 is 3.26. The van der Waals surface area contributed by atoms with E-state index < -0.39 is 6.04 Å². The molecule has 0 saturated carbocycles. The van der Waals surface area contributed by atoms with Crippen molar-refractivity contribution in [2.45, 2.75) is 26.3 Å². The second-order valence-corrected chi connectivity index (χ2v) is 7.89. The van der Waals surface area contributed by atoms with Gasteiger partial charge in [0.25, 0.3) is 5.56 Å². The number of aromatic nitrogens is 2. The molecule has 2 aromatic heterocycles. The minimum atomic E-state index is -0.676. The molecule has 4 rings (SSSR count). The Morgan fingerprint density at radius 2 is 1.86 bits per heavy atom. The molecule has 0 spiro atoms. The van der Waals surface area contributed by atoms with E-state index in [0.29, 0.717) is 11.9 Å². The van der Waals surface area contributed by atoms with Crippen LogP contribution in [0.1, 0.15) is 24.2 Å². The molecule has 1 N–H and O–H groups in total. The first-order chi connectivity index (χ1) is 13.6. The van der Waals surface area contributed by atoms with Gasteiger partial charge in [0.15, 0.2) is 0 Å². The summed E-state index contributed by atoms with van der Waals surface area (Å²) in [6.45, 7) is 4.12. The van der Waals surface area contributed by atoms with Gasteiger partial charge in [-0.25, -0.2) is 4.68 Å². The Kier molecular flexibility index (Phi) is 4.96.